The molecule has 0 radical (unpaired) electrons. The standard InChI is InChI=1S/C16H14F3N5O2S/c1-9(14(25)21-11-6-3-2-5-10(11)16(17,18)19)27-15-23-22-13(24(15)20)12-7-4-8-26-12/h2-9H,20H2,1H3,(H,21,25)/t9-/m0/s1. The van der Waals surface area contributed by atoms with Gasteiger partial charge in [-0.1, -0.05) is 23.9 Å². The number of anilines is 1. The highest BCUT2D eigenvalue weighted by atomic mass is 32.2. The lowest BCUT2D eigenvalue weighted by Crippen LogP contribution is -2.25. The number of alkyl halides is 3. The largest absolute Gasteiger partial charge is 0.461 e. The van der Waals surface area contributed by atoms with Crippen LogP contribution in [0.4, 0.5) is 18.9 Å². The number of nitrogens with one attached hydrogen (secondary N) is 1. The number of aromatic nitrogens is 3. The normalized spacial score (nSPS) is 12.7. The van der Waals surface area contributed by atoms with Crippen molar-refractivity contribution in [3.8, 4) is 11.6 Å². The van der Waals surface area contributed by atoms with Gasteiger partial charge in [0, 0.05) is 0 Å². The van der Waals surface area contributed by atoms with Gasteiger partial charge in [-0.25, -0.2) is 4.68 Å². The molecule has 1 amide bonds. The van der Waals surface area contributed by atoms with Gasteiger partial charge in [-0.3, -0.25) is 4.79 Å². The van der Waals surface area contributed by atoms with Crippen molar-refractivity contribution in [1.82, 2.24) is 14.9 Å². The van der Waals surface area contributed by atoms with Crippen molar-refractivity contribution in [1.29, 1.82) is 0 Å². The average Bonchev–Trinajstić information content (AvgIpc) is 3.25. The Hall–Kier alpha value is -2.95. The molecule has 0 saturated carbocycles. The summed E-state index contributed by atoms with van der Waals surface area (Å²) in [6.07, 6.45) is -3.12. The van der Waals surface area contributed by atoms with Crippen LogP contribution in [0.15, 0.2) is 52.2 Å². The third-order valence-electron chi connectivity index (χ3n) is 3.55. The quantitative estimate of drug-likeness (QED) is 0.506. The van der Waals surface area contributed by atoms with Gasteiger partial charge in [0.25, 0.3) is 0 Å². The molecule has 0 bridgehead atoms. The van der Waals surface area contributed by atoms with Gasteiger partial charge in [0.05, 0.1) is 22.8 Å². The molecule has 0 spiro atoms. The lowest BCUT2D eigenvalue weighted by atomic mass is 10.1. The van der Waals surface area contributed by atoms with Crippen LogP contribution in [-0.2, 0) is 11.0 Å². The third-order valence-corrected chi connectivity index (χ3v) is 4.60. The lowest BCUT2D eigenvalue weighted by Gasteiger charge is -2.15. The second-order valence-corrected chi connectivity index (χ2v) is 6.75. The smallest absolute Gasteiger partial charge is 0.418 e. The van der Waals surface area contributed by atoms with Crippen LogP contribution in [0.1, 0.15) is 12.5 Å². The monoisotopic (exact) mass is 397 g/mol. The summed E-state index contributed by atoms with van der Waals surface area (Å²) in [6.45, 7) is 1.53. The maximum absolute atomic E-state index is 13.0. The number of halogens is 3. The van der Waals surface area contributed by atoms with Gasteiger partial charge < -0.3 is 15.6 Å². The molecule has 0 fully saturated rings. The van der Waals surface area contributed by atoms with E-state index in [9.17, 15) is 18.0 Å². The molecule has 0 aliphatic rings. The molecule has 27 heavy (non-hydrogen) atoms. The third kappa shape index (κ3) is 4.08. The van der Waals surface area contributed by atoms with E-state index in [4.69, 9.17) is 10.3 Å². The highest BCUT2D eigenvalue weighted by Gasteiger charge is 2.34. The number of nitrogens with two attached hydrogens (primary N) is 1. The lowest BCUT2D eigenvalue weighted by molar-refractivity contribution is -0.137. The number of rotatable bonds is 5. The van der Waals surface area contributed by atoms with E-state index in [0.717, 1.165) is 22.5 Å². The molecule has 0 aliphatic carbocycles. The number of para-hydroxylation sites is 1. The summed E-state index contributed by atoms with van der Waals surface area (Å²) in [6, 6.07) is 8.06. The Morgan fingerprint density at radius 1 is 1.26 bits per heavy atom. The Labute approximate surface area is 155 Å². The summed E-state index contributed by atoms with van der Waals surface area (Å²) in [7, 11) is 0. The number of amides is 1. The molecular weight excluding hydrogens is 383 g/mol. The molecule has 3 aromatic rings. The van der Waals surface area contributed by atoms with Crippen LogP contribution >= 0.6 is 11.8 Å². The van der Waals surface area contributed by atoms with Gasteiger partial charge in [0.15, 0.2) is 5.76 Å². The van der Waals surface area contributed by atoms with E-state index in [0.29, 0.717) is 5.76 Å². The number of benzene rings is 1. The van der Waals surface area contributed by atoms with Gasteiger partial charge in [-0.15, -0.1) is 10.2 Å². The predicted octanol–water partition coefficient (Wildman–Crippen LogP) is 3.39. The minimum atomic E-state index is -4.57. The molecule has 11 heteroatoms. The highest BCUT2D eigenvalue weighted by Crippen LogP contribution is 2.35. The SMILES string of the molecule is C[C@H](Sc1nnc(-c2ccco2)n1N)C(=O)Nc1ccccc1C(F)(F)F. The first-order valence-electron chi connectivity index (χ1n) is 7.65. The van der Waals surface area contributed by atoms with E-state index in [1.54, 1.807) is 12.1 Å². The van der Waals surface area contributed by atoms with Crippen LogP contribution in [0.2, 0.25) is 0 Å². The number of nitrogen functional groups attached to an aromatic ring is 1. The summed E-state index contributed by atoms with van der Waals surface area (Å²) in [5.41, 5.74) is -1.23. The van der Waals surface area contributed by atoms with Crippen molar-refractivity contribution in [3.63, 3.8) is 0 Å². The number of thioether (sulfide) groups is 1. The fourth-order valence-electron chi connectivity index (χ4n) is 2.22. The van der Waals surface area contributed by atoms with Gasteiger partial charge in [-0.05, 0) is 31.2 Å². The van der Waals surface area contributed by atoms with Gasteiger partial charge in [0.2, 0.25) is 16.9 Å². The maximum Gasteiger partial charge on any atom is 0.418 e. The molecule has 1 atom stereocenters. The van der Waals surface area contributed by atoms with E-state index in [1.807, 2.05) is 0 Å². The Kier molecular flexibility index (Phi) is 5.13. The fraction of sp³-hybridized carbons (Fsp3) is 0.188. The average molecular weight is 397 g/mol. The number of hydrogen-bond acceptors (Lipinski definition) is 6. The topological polar surface area (TPSA) is 99.0 Å². The molecule has 7 nitrogen and oxygen atoms in total. The Morgan fingerprint density at radius 2 is 2.00 bits per heavy atom. The van der Waals surface area contributed by atoms with Crippen LogP contribution in [0.3, 0.4) is 0 Å². The fourth-order valence-corrected chi connectivity index (χ4v) is 2.99. The van der Waals surface area contributed by atoms with Crippen molar-refractivity contribution in [2.24, 2.45) is 0 Å². The molecule has 3 N–H and O–H groups in total. The van der Waals surface area contributed by atoms with Crippen LogP contribution in [0.5, 0.6) is 0 Å². The summed E-state index contributed by atoms with van der Waals surface area (Å²) in [4.78, 5) is 12.3. The van der Waals surface area contributed by atoms with E-state index < -0.39 is 22.9 Å². The molecule has 0 aliphatic heterocycles. The first kappa shape index (κ1) is 18.8. The van der Waals surface area contributed by atoms with Gasteiger partial charge in [-0.2, -0.15) is 13.2 Å². The van der Waals surface area contributed by atoms with Crippen molar-refractivity contribution < 1.29 is 22.4 Å². The second kappa shape index (κ2) is 7.35. The molecule has 0 saturated heterocycles. The zero-order valence-electron chi connectivity index (χ0n) is 13.9. The minimum absolute atomic E-state index is 0.216. The van der Waals surface area contributed by atoms with Crippen molar-refractivity contribution in [2.45, 2.75) is 23.5 Å². The summed E-state index contributed by atoms with van der Waals surface area (Å²) in [5.74, 6) is 5.94. The number of hydrogen-bond donors (Lipinski definition) is 2. The first-order valence-corrected chi connectivity index (χ1v) is 8.53. The van der Waals surface area contributed by atoms with Crippen molar-refractivity contribution in [3.05, 3.63) is 48.2 Å². The predicted molar refractivity (Wildman–Crippen MR) is 93.3 cm³/mol. The van der Waals surface area contributed by atoms with Crippen molar-refractivity contribution >= 4 is 23.4 Å². The summed E-state index contributed by atoms with van der Waals surface area (Å²) >= 11 is 0.958. The van der Waals surface area contributed by atoms with Gasteiger partial charge in [0.1, 0.15) is 0 Å². The van der Waals surface area contributed by atoms with Gasteiger partial charge >= 0.3 is 6.18 Å². The zero-order chi connectivity index (χ0) is 19.6. The molecule has 3 rings (SSSR count). The highest BCUT2D eigenvalue weighted by molar-refractivity contribution is 8.00. The van der Waals surface area contributed by atoms with E-state index in [-0.39, 0.29) is 16.7 Å². The van der Waals surface area contributed by atoms with E-state index in [1.165, 1.54) is 31.4 Å². The minimum Gasteiger partial charge on any atom is -0.461 e. The van der Waals surface area contributed by atoms with Crippen LogP contribution in [0.25, 0.3) is 11.6 Å². The Balaban J connectivity index is 1.73. The van der Waals surface area contributed by atoms with Crippen LogP contribution < -0.4 is 11.2 Å². The summed E-state index contributed by atoms with van der Waals surface area (Å²) < 4.78 is 45.4. The first-order chi connectivity index (χ1) is 12.8. The molecule has 142 valence electrons. The number of furan rings is 1. The number of carbonyl (C=O) groups excluding carboxylic acids is 1. The second-order valence-electron chi connectivity index (χ2n) is 5.45. The Bertz CT molecular complexity index is 940. The van der Waals surface area contributed by atoms with E-state index >= 15 is 0 Å². The molecule has 2 heterocycles. The number of nitrogens with zero attached hydrogens (tertiary/aromatic N) is 3. The Morgan fingerprint density at radius 3 is 2.67 bits per heavy atom. The number of carbonyl (C=O) groups is 1. The maximum atomic E-state index is 13.0. The zero-order valence-corrected chi connectivity index (χ0v) is 14.7. The van der Waals surface area contributed by atoms with Crippen LogP contribution in [-0.4, -0.2) is 26.0 Å². The van der Waals surface area contributed by atoms with Crippen molar-refractivity contribution in [2.75, 3.05) is 11.2 Å². The molecular formula is C16H14F3N5O2S. The molecule has 1 aromatic carbocycles. The van der Waals surface area contributed by atoms with Crippen LogP contribution in [0, 0.1) is 0 Å². The summed E-state index contributed by atoms with van der Waals surface area (Å²) in [5, 5.41) is 9.52. The van der Waals surface area contributed by atoms with E-state index in [2.05, 4.69) is 15.5 Å². The molecule has 0 unspecified atom stereocenters. The molecule has 2 aromatic heterocycles.